The Kier molecular flexibility index (Phi) is 5.22. The number of hydrogen-bond donors (Lipinski definition) is 0. The molecule has 0 atom stereocenters. The van der Waals surface area contributed by atoms with Crippen molar-refractivity contribution in [3.8, 4) is 23.7 Å². The maximum absolute atomic E-state index is 3.08. The molecule has 0 aromatic carbocycles. The van der Waals surface area contributed by atoms with Crippen LogP contribution in [-0.2, 0) is 0 Å². The van der Waals surface area contributed by atoms with Crippen molar-refractivity contribution in [1.29, 1.82) is 0 Å². The van der Waals surface area contributed by atoms with Crippen molar-refractivity contribution in [3.05, 3.63) is 0 Å². The zero-order valence-electron chi connectivity index (χ0n) is 7.66. The third-order valence-corrected chi connectivity index (χ3v) is 2.09. The monoisotopic (exact) mass is 160 g/mol. The molecular weight excluding hydrogens is 144 g/mol. The largest absolute Gasteiger partial charge is 0.0891 e. The summed E-state index contributed by atoms with van der Waals surface area (Å²) >= 11 is 0. The molecule has 12 heavy (non-hydrogen) atoms. The SMILES string of the molecule is C1#CCCCCCCCCC#C1. The zero-order chi connectivity index (χ0) is 8.49. The van der Waals surface area contributed by atoms with Gasteiger partial charge in [-0.1, -0.05) is 37.5 Å². The highest BCUT2D eigenvalue weighted by Gasteiger charge is 1.90. The van der Waals surface area contributed by atoms with Crippen LogP contribution < -0.4 is 0 Å². The molecule has 0 aliphatic heterocycles. The molecule has 0 radical (unpaired) electrons. The van der Waals surface area contributed by atoms with Gasteiger partial charge in [0.15, 0.2) is 0 Å². The summed E-state index contributed by atoms with van der Waals surface area (Å²) in [6, 6.07) is 0. The smallest absolute Gasteiger partial charge is 0.00989 e. The third kappa shape index (κ3) is 4.86. The molecule has 0 N–H and O–H groups in total. The van der Waals surface area contributed by atoms with Crippen LogP contribution in [0.25, 0.3) is 0 Å². The van der Waals surface area contributed by atoms with Crippen molar-refractivity contribution in [1.82, 2.24) is 0 Å². The van der Waals surface area contributed by atoms with Crippen molar-refractivity contribution in [2.24, 2.45) is 0 Å². The first-order chi connectivity index (χ1) is 6.00. The van der Waals surface area contributed by atoms with Crippen LogP contribution in [0.2, 0.25) is 0 Å². The van der Waals surface area contributed by atoms with E-state index in [-0.39, 0.29) is 0 Å². The van der Waals surface area contributed by atoms with Crippen LogP contribution in [0.1, 0.15) is 51.4 Å². The lowest BCUT2D eigenvalue weighted by Crippen LogP contribution is -1.80. The van der Waals surface area contributed by atoms with Gasteiger partial charge in [-0.05, 0) is 24.7 Å². The summed E-state index contributed by atoms with van der Waals surface area (Å²) in [4.78, 5) is 0. The Balaban J connectivity index is 2.29. The summed E-state index contributed by atoms with van der Waals surface area (Å²) in [5.74, 6) is 11.9. The van der Waals surface area contributed by atoms with E-state index in [1.807, 2.05) is 0 Å². The maximum atomic E-state index is 3.08. The van der Waals surface area contributed by atoms with Crippen LogP contribution in [0.5, 0.6) is 0 Å². The summed E-state index contributed by atoms with van der Waals surface area (Å²) in [7, 11) is 0. The van der Waals surface area contributed by atoms with E-state index >= 15 is 0 Å². The molecule has 1 aliphatic carbocycles. The van der Waals surface area contributed by atoms with Gasteiger partial charge in [-0.25, -0.2) is 0 Å². The molecule has 0 heteroatoms. The van der Waals surface area contributed by atoms with Crippen molar-refractivity contribution in [3.63, 3.8) is 0 Å². The molecule has 0 unspecified atom stereocenters. The van der Waals surface area contributed by atoms with Crippen molar-refractivity contribution < 1.29 is 0 Å². The minimum Gasteiger partial charge on any atom is -0.0891 e. The van der Waals surface area contributed by atoms with Crippen LogP contribution in [-0.4, -0.2) is 0 Å². The molecule has 0 saturated carbocycles. The standard InChI is InChI=1S/C12H16/c1-2-4-6-8-10-12-11-9-7-5-3-1/h1-8H2. The van der Waals surface area contributed by atoms with E-state index in [2.05, 4.69) is 23.7 Å². The highest BCUT2D eigenvalue weighted by Crippen LogP contribution is 2.08. The molecule has 0 amide bonds. The van der Waals surface area contributed by atoms with Crippen molar-refractivity contribution in [2.75, 3.05) is 0 Å². The maximum Gasteiger partial charge on any atom is 0.00989 e. The molecule has 0 aromatic rings. The highest BCUT2D eigenvalue weighted by atomic mass is 14.0. The van der Waals surface area contributed by atoms with Gasteiger partial charge in [0.05, 0.1) is 0 Å². The molecule has 0 bridgehead atoms. The van der Waals surface area contributed by atoms with E-state index in [0.29, 0.717) is 0 Å². The topological polar surface area (TPSA) is 0 Å². The van der Waals surface area contributed by atoms with Crippen molar-refractivity contribution in [2.45, 2.75) is 51.4 Å². The summed E-state index contributed by atoms with van der Waals surface area (Å²) in [5.41, 5.74) is 0. The van der Waals surface area contributed by atoms with Crippen LogP contribution in [0.4, 0.5) is 0 Å². The molecule has 0 heterocycles. The molecule has 0 aromatic heterocycles. The van der Waals surface area contributed by atoms with Gasteiger partial charge in [-0.3, -0.25) is 0 Å². The van der Waals surface area contributed by atoms with E-state index in [0.717, 1.165) is 12.8 Å². The van der Waals surface area contributed by atoms with Gasteiger partial charge >= 0.3 is 0 Å². The van der Waals surface area contributed by atoms with Gasteiger partial charge in [-0.15, -0.1) is 0 Å². The van der Waals surface area contributed by atoms with E-state index in [9.17, 15) is 0 Å². The summed E-state index contributed by atoms with van der Waals surface area (Å²) < 4.78 is 0. The second-order valence-corrected chi connectivity index (χ2v) is 3.22. The van der Waals surface area contributed by atoms with Gasteiger partial charge < -0.3 is 0 Å². The Hall–Kier alpha value is -0.880. The molecule has 0 fully saturated rings. The lowest BCUT2D eigenvalue weighted by Gasteiger charge is -1.98. The molecule has 0 nitrogen and oxygen atoms in total. The first-order valence-electron chi connectivity index (χ1n) is 4.96. The Morgan fingerprint density at radius 1 is 0.500 bits per heavy atom. The molecule has 64 valence electrons. The van der Waals surface area contributed by atoms with E-state index < -0.39 is 0 Å². The second-order valence-electron chi connectivity index (χ2n) is 3.22. The van der Waals surface area contributed by atoms with Crippen LogP contribution in [0, 0.1) is 23.7 Å². The Morgan fingerprint density at radius 3 is 1.42 bits per heavy atom. The second kappa shape index (κ2) is 6.81. The number of rotatable bonds is 0. The molecule has 0 saturated heterocycles. The highest BCUT2D eigenvalue weighted by molar-refractivity contribution is 5.25. The van der Waals surface area contributed by atoms with Gasteiger partial charge in [0, 0.05) is 12.8 Å². The summed E-state index contributed by atoms with van der Waals surface area (Å²) in [6.07, 6.45) is 10.1. The van der Waals surface area contributed by atoms with Gasteiger partial charge in [0.25, 0.3) is 0 Å². The Labute approximate surface area is 75.7 Å². The predicted molar refractivity (Wildman–Crippen MR) is 52.5 cm³/mol. The number of hydrogen-bond acceptors (Lipinski definition) is 0. The average Bonchev–Trinajstić information content (AvgIpc) is 2.05. The van der Waals surface area contributed by atoms with Gasteiger partial charge in [-0.2, -0.15) is 0 Å². The first-order valence-corrected chi connectivity index (χ1v) is 4.96. The zero-order valence-corrected chi connectivity index (χ0v) is 7.66. The fourth-order valence-corrected chi connectivity index (χ4v) is 1.35. The van der Waals surface area contributed by atoms with Crippen molar-refractivity contribution >= 4 is 0 Å². The summed E-state index contributed by atoms with van der Waals surface area (Å²) in [5, 5.41) is 0. The van der Waals surface area contributed by atoms with Crippen LogP contribution in [0.3, 0.4) is 0 Å². The van der Waals surface area contributed by atoms with Crippen LogP contribution in [0.15, 0.2) is 0 Å². The predicted octanol–water partition coefficient (Wildman–Crippen LogP) is 3.13. The molecule has 0 spiro atoms. The Bertz CT molecular complexity index is 190. The fourth-order valence-electron chi connectivity index (χ4n) is 1.35. The lowest BCUT2D eigenvalue weighted by atomic mass is 10.1. The minimum atomic E-state index is 1.04. The van der Waals surface area contributed by atoms with Gasteiger partial charge in [0.2, 0.25) is 0 Å². The van der Waals surface area contributed by atoms with Gasteiger partial charge in [0.1, 0.15) is 0 Å². The average molecular weight is 160 g/mol. The third-order valence-electron chi connectivity index (χ3n) is 2.09. The minimum absolute atomic E-state index is 1.04. The van der Waals surface area contributed by atoms with E-state index in [1.54, 1.807) is 0 Å². The van der Waals surface area contributed by atoms with E-state index in [1.165, 1.54) is 38.5 Å². The first kappa shape index (κ1) is 9.21. The molecular formula is C12H16. The van der Waals surface area contributed by atoms with Crippen LogP contribution >= 0.6 is 0 Å². The molecule has 1 aliphatic rings. The van der Waals surface area contributed by atoms with E-state index in [4.69, 9.17) is 0 Å². The normalized spacial score (nSPS) is 18.7. The molecule has 1 rings (SSSR count). The Morgan fingerprint density at radius 2 is 0.917 bits per heavy atom. The quantitative estimate of drug-likeness (QED) is 0.478. The summed E-state index contributed by atoms with van der Waals surface area (Å²) in [6.45, 7) is 0. The fraction of sp³-hybridized carbons (Fsp3) is 0.667. The lowest BCUT2D eigenvalue weighted by molar-refractivity contribution is 0.604.